The first-order valence-electron chi connectivity index (χ1n) is 6.37. The number of carbonyl (C=O) groups is 1. The van der Waals surface area contributed by atoms with Crippen LogP contribution in [0.25, 0.3) is 11.1 Å². The molecule has 0 spiro atoms. The van der Waals surface area contributed by atoms with Gasteiger partial charge in [-0.3, -0.25) is 4.79 Å². The average molecular weight is 289 g/mol. The molecule has 2 aromatic rings. The smallest absolute Gasteiger partial charge is 0.250 e. The Morgan fingerprint density at radius 3 is 2.67 bits per heavy atom. The lowest BCUT2D eigenvalue weighted by Gasteiger charge is -2.10. The number of ether oxygens (including phenoxy) is 2. The second-order valence-corrected chi connectivity index (χ2v) is 4.38. The highest BCUT2D eigenvalue weighted by Gasteiger charge is 2.11. The van der Waals surface area contributed by atoms with Crippen molar-refractivity contribution in [3.8, 4) is 16.9 Å². The fraction of sp³-hybridized carbons (Fsp3) is 0.188. The summed E-state index contributed by atoms with van der Waals surface area (Å²) in [6, 6.07) is 11.9. The molecule has 5 heteroatoms. The summed E-state index contributed by atoms with van der Waals surface area (Å²) in [5.41, 5.74) is 1.65. The summed E-state index contributed by atoms with van der Waals surface area (Å²) in [6.07, 6.45) is 0. The zero-order valence-electron chi connectivity index (χ0n) is 11.9. The van der Waals surface area contributed by atoms with Crippen molar-refractivity contribution < 1.29 is 18.7 Å². The third kappa shape index (κ3) is 3.58. The van der Waals surface area contributed by atoms with Gasteiger partial charge in [-0.25, -0.2) is 4.39 Å². The highest BCUT2D eigenvalue weighted by molar-refractivity contribution is 5.92. The fourth-order valence-corrected chi connectivity index (χ4v) is 1.98. The maximum absolute atomic E-state index is 14.2. The summed E-state index contributed by atoms with van der Waals surface area (Å²) in [4.78, 5) is 11.5. The van der Waals surface area contributed by atoms with E-state index < -0.39 is 5.82 Å². The van der Waals surface area contributed by atoms with Gasteiger partial charge in [-0.15, -0.1) is 0 Å². The topological polar surface area (TPSA) is 47.6 Å². The Balaban J connectivity index is 2.31. The molecule has 0 unspecified atom stereocenters. The van der Waals surface area contributed by atoms with Crippen molar-refractivity contribution in [3.05, 3.63) is 48.3 Å². The summed E-state index contributed by atoms with van der Waals surface area (Å²) in [6.45, 7) is -0.0300. The maximum atomic E-state index is 14.2. The van der Waals surface area contributed by atoms with Gasteiger partial charge < -0.3 is 14.8 Å². The molecule has 0 aliphatic carbocycles. The number of hydrogen-bond donors (Lipinski definition) is 1. The molecule has 0 aromatic heterocycles. The number of anilines is 1. The largest absolute Gasteiger partial charge is 0.494 e. The molecule has 0 atom stereocenters. The van der Waals surface area contributed by atoms with Gasteiger partial charge in [0.25, 0.3) is 0 Å². The van der Waals surface area contributed by atoms with Gasteiger partial charge in [0.2, 0.25) is 5.91 Å². The van der Waals surface area contributed by atoms with Gasteiger partial charge in [0.05, 0.1) is 7.11 Å². The summed E-state index contributed by atoms with van der Waals surface area (Å²) in [5.74, 6) is -0.512. The normalized spacial score (nSPS) is 10.2. The van der Waals surface area contributed by atoms with Crippen molar-refractivity contribution >= 4 is 11.6 Å². The van der Waals surface area contributed by atoms with Crippen LogP contribution >= 0.6 is 0 Å². The Kier molecular flexibility index (Phi) is 4.90. The van der Waals surface area contributed by atoms with Crippen LogP contribution in [-0.4, -0.2) is 26.7 Å². The number of carbonyl (C=O) groups excluding carboxylic acids is 1. The van der Waals surface area contributed by atoms with Gasteiger partial charge in [-0.05, 0) is 23.8 Å². The standard InChI is InChI=1S/C16H16FNO3/c1-20-10-15(19)18-12-6-3-5-11(9-12)13-7-4-8-14(21-2)16(13)17/h3-9H,10H2,1-2H3,(H,18,19). The van der Waals surface area contributed by atoms with Crippen molar-refractivity contribution in [2.24, 2.45) is 0 Å². The molecule has 4 nitrogen and oxygen atoms in total. The van der Waals surface area contributed by atoms with Crippen molar-refractivity contribution in [1.82, 2.24) is 0 Å². The molecule has 110 valence electrons. The second kappa shape index (κ2) is 6.85. The Labute approximate surface area is 122 Å². The van der Waals surface area contributed by atoms with E-state index in [0.717, 1.165) is 0 Å². The molecular weight excluding hydrogens is 273 g/mol. The minimum Gasteiger partial charge on any atom is -0.494 e. The minimum absolute atomic E-state index is 0.0300. The molecule has 0 heterocycles. The van der Waals surface area contributed by atoms with E-state index >= 15 is 0 Å². The van der Waals surface area contributed by atoms with Gasteiger partial charge >= 0.3 is 0 Å². The number of rotatable bonds is 5. The third-order valence-corrected chi connectivity index (χ3v) is 2.92. The number of halogens is 1. The fourth-order valence-electron chi connectivity index (χ4n) is 1.98. The van der Waals surface area contributed by atoms with Crippen LogP contribution in [0, 0.1) is 5.82 Å². The second-order valence-electron chi connectivity index (χ2n) is 4.38. The van der Waals surface area contributed by atoms with Gasteiger partial charge in [0.1, 0.15) is 6.61 Å². The molecule has 21 heavy (non-hydrogen) atoms. The summed E-state index contributed by atoms with van der Waals surface area (Å²) >= 11 is 0. The molecule has 0 aliphatic heterocycles. The van der Waals surface area contributed by atoms with E-state index in [0.29, 0.717) is 16.8 Å². The molecule has 0 saturated heterocycles. The Bertz CT molecular complexity index is 643. The first kappa shape index (κ1) is 15.0. The number of hydrogen-bond acceptors (Lipinski definition) is 3. The molecule has 0 radical (unpaired) electrons. The lowest BCUT2D eigenvalue weighted by molar-refractivity contribution is -0.119. The number of methoxy groups -OCH3 is 2. The van der Waals surface area contributed by atoms with Crippen molar-refractivity contribution in [2.75, 3.05) is 26.1 Å². The van der Waals surface area contributed by atoms with E-state index in [9.17, 15) is 9.18 Å². The number of benzene rings is 2. The minimum atomic E-state index is -0.430. The van der Waals surface area contributed by atoms with Crippen LogP contribution < -0.4 is 10.1 Å². The van der Waals surface area contributed by atoms with Crippen LogP contribution in [0.3, 0.4) is 0 Å². The molecule has 2 aromatic carbocycles. The SMILES string of the molecule is COCC(=O)Nc1cccc(-c2cccc(OC)c2F)c1. The monoisotopic (exact) mass is 289 g/mol. The van der Waals surface area contributed by atoms with Crippen LogP contribution in [0.15, 0.2) is 42.5 Å². The van der Waals surface area contributed by atoms with E-state index in [-0.39, 0.29) is 18.3 Å². The Morgan fingerprint density at radius 2 is 1.95 bits per heavy atom. The first-order chi connectivity index (χ1) is 10.2. The van der Waals surface area contributed by atoms with E-state index in [1.807, 2.05) is 0 Å². The van der Waals surface area contributed by atoms with E-state index in [1.165, 1.54) is 14.2 Å². The van der Waals surface area contributed by atoms with Crippen LogP contribution in [0.4, 0.5) is 10.1 Å². The summed E-state index contributed by atoms with van der Waals surface area (Å²) < 4.78 is 24.0. The predicted molar refractivity (Wildman–Crippen MR) is 78.9 cm³/mol. The predicted octanol–water partition coefficient (Wildman–Crippen LogP) is 3.09. The van der Waals surface area contributed by atoms with Crippen molar-refractivity contribution in [3.63, 3.8) is 0 Å². The van der Waals surface area contributed by atoms with Gasteiger partial charge in [0, 0.05) is 18.4 Å². The molecule has 0 bridgehead atoms. The molecular formula is C16H16FNO3. The molecule has 0 fully saturated rings. The third-order valence-electron chi connectivity index (χ3n) is 2.92. The van der Waals surface area contributed by atoms with E-state index in [4.69, 9.17) is 9.47 Å². The summed E-state index contributed by atoms with van der Waals surface area (Å²) in [5, 5.41) is 2.68. The summed E-state index contributed by atoms with van der Waals surface area (Å²) in [7, 11) is 2.87. The van der Waals surface area contributed by atoms with Crippen LogP contribution in [0.1, 0.15) is 0 Å². The maximum Gasteiger partial charge on any atom is 0.250 e. The molecule has 2 rings (SSSR count). The van der Waals surface area contributed by atoms with Gasteiger partial charge in [-0.2, -0.15) is 0 Å². The van der Waals surface area contributed by atoms with Gasteiger partial charge in [-0.1, -0.05) is 24.3 Å². The van der Waals surface area contributed by atoms with Crippen LogP contribution in [0.2, 0.25) is 0 Å². The zero-order chi connectivity index (χ0) is 15.2. The van der Waals surface area contributed by atoms with E-state index in [2.05, 4.69) is 5.32 Å². The number of amides is 1. The Hall–Kier alpha value is -2.40. The molecule has 1 N–H and O–H groups in total. The van der Waals surface area contributed by atoms with Gasteiger partial charge in [0.15, 0.2) is 11.6 Å². The molecule has 1 amide bonds. The average Bonchev–Trinajstić information content (AvgIpc) is 2.48. The lowest BCUT2D eigenvalue weighted by Crippen LogP contribution is -2.16. The number of nitrogens with one attached hydrogen (secondary N) is 1. The Morgan fingerprint density at radius 1 is 1.19 bits per heavy atom. The highest BCUT2D eigenvalue weighted by Crippen LogP contribution is 2.30. The first-order valence-corrected chi connectivity index (χ1v) is 6.37. The van der Waals surface area contributed by atoms with Crippen LogP contribution in [-0.2, 0) is 9.53 Å². The van der Waals surface area contributed by atoms with E-state index in [1.54, 1.807) is 42.5 Å². The molecule has 0 aliphatic rings. The lowest BCUT2D eigenvalue weighted by atomic mass is 10.0. The van der Waals surface area contributed by atoms with Crippen LogP contribution in [0.5, 0.6) is 5.75 Å². The van der Waals surface area contributed by atoms with Crippen molar-refractivity contribution in [2.45, 2.75) is 0 Å². The quantitative estimate of drug-likeness (QED) is 0.920. The highest BCUT2D eigenvalue weighted by atomic mass is 19.1. The van der Waals surface area contributed by atoms with Crippen molar-refractivity contribution in [1.29, 1.82) is 0 Å². The molecule has 0 saturated carbocycles. The zero-order valence-corrected chi connectivity index (χ0v) is 11.9.